The van der Waals surface area contributed by atoms with Crippen molar-refractivity contribution in [2.45, 2.75) is 51.4 Å². The Labute approximate surface area is 112 Å². The first-order valence-electron chi connectivity index (χ1n) is 7.81. The lowest BCUT2D eigenvalue weighted by molar-refractivity contribution is 0.0769. The van der Waals surface area contributed by atoms with Crippen molar-refractivity contribution >= 4 is 0 Å². The van der Waals surface area contributed by atoms with Gasteiger partial charge in [-0.05, 0) is 75.0 Å². The molecular formula is C16H30O2. The van der Waals surface area contributed by atoms with Gasteiger partial charge in [0, 0.05) is 27.4 Å². The minimum Gasteiger partial charge on any atom is -0.384 e. The number of ether oxygens (including phenoxy) is 2. The first-order valence-corrected chi connectivity index (χ1v) is 7.81. The summed E-state index contributed by atoms with van der Waals surface area (Å²) in [7, 11) is 3.67. The minimum atomic E-state index is 0.844. The maximum absolute atomic E-state index is 5.29. The highest BCUT2D eigenvalue weighted by Gasteiger charge is 2.30. The number of hydrogen-bond acceptors (Lipinski definition) is 2. The van der Waals surface area contributed by atoms with Crippen LogP contribution in [-0.2, 0) is 9.47 Å². The molecular weight excluding hydrogens is 224 g/mol. The van der Waals surface area contributed by atoms with Crippen molar-refractivity contribution in [1.29, 1.82) is 0 Å². The fourth-order valence-corrected chi connectivity index (χ4v) is 4.12. The largest absolute Gasteiger partial charge is 0.384 e. The molecule has 0 spiro atoms. The standard InChI is InChI=1S/C16H30O2/c1-17-11-13-3-7-15(8-4-13)16-9-5-14(6-10-16)12-18-2/h13-16H,3-12H2,1-2H3. The fraction of sp³-hybridized carbons (Fsp3) is 1.00. The molecule has 0 aromatic rings. The molecule has 18 heavy (non-hydrogen) atoms. The SMILES string of the molecule is COCC1CCC(C2CCC(COC)CC2)CC1. The molecule has 0 aromatic carbocycles. The Bertz CT molecular complexity index is 189. The van der Waals surface area contributed by atoms with Crippen LogP contribution < -0.4 is 0 Å². The van der Waals surface area contributed by atoms with E-state index in [4.69, 9.17) is 9.47 Å². The van der Waals surface area contributed by atoms with Crippen molar-refractivity contribution in [3.8, 4) is 0 Å². The van der Waals surface area contributed by atoms with E-state index in [2.05, 4.69) is 0 Å². The Morgan fingerprint density at radius 3 is 1.22 bits per heavy atom. The van der Waals surface area contributed by atoms with Crippen molar-refractivity contribution in [3.63, 3.8) is 0 Å². The van der Waals surface area contributed by atoms with Gasteiger partial charge in [0.05, 0.1) is 0 Å². The second kappa shape index (κ2) is 7.49. The molecule has 0 heterocycles. The highest BCUT2D eigenvalue weighted by Crippen LogP contribution is 2.41. The van der Waals surface area contributed by atoms with Gasteiger partial charge in [0.2, 0.25) is 0 Å². The van der Waals surface area contributed by atoms with Crippen LogP contribution in [0.3, 0.4) is 0 Å². The summed E-state index contributed by atoms with van der Waals surface area (Å²) < 4.78 is 10.6. The van der Waals surface area contributed by atoms with E-state index in [9.17, 15) is 0 Å². The van der Waals surface area contributed by atoms with Crippen LogP contribution in [-0.4, -0.2) is 27.4 Å². The van der Waals surface area contributed by atoms with Crippen LogP contribution in [0.25, 0.3) is 0 Å². The highest BCUT2D eigenvalue weighted by molar-refractivity contribution is 4.81. The molecule has 0 aliphatic heterocycles. The summed E-state index contributed by atoms with van der Waals surface area (Å²) in [6.45, 7) is 1.96. The van der Waals surface area contributed by atoms with Gasteiger partial charge in [0.15, 0.2) is 0 Å². The Balaban J connectivity index is 1.68. The zero-order valence-electron chi connectivity index (χ0n) is 12.2. The van der Waals surface area contributed by atoms with E-state index in [1.54, 1.807) is 0 Å². The predicted molar refractivity (Wildman–Crippen MR) is 74.6 cm³/mol. The van der Waals surface area contributed by atoms with Gasteiger partial charge >= 0.3 is 0 Å². The van der Waals surface area contributed by atoms with Crippen molar-refractivity contribution in [2.75, 3.05) is 27.4 Å². The molecule has 2 nitrogen and oxygen atoms in total. The van der Waals surface area contributed by atoms with Crippen LogP contribution in [0, 0.1) is 23.7 Å². The predicted octanol–water partition coefficient (Wildman–Crippen LogP) is 3.89. The van der Waals surface area contributed by atoms with Gasteiger partial charge < -0.3 is 9.47 Å². The lowest BCUT2D eigenvalue weighted by Gasteiger charge is -2.37. The molecule has 2 fully saturated rings. The second-order valence-corrected chi connectivity index (χ2v) is 6.47. The van der Waals surface area contributed by atoms with Gasteiger partial charge in [0.1, 0.15) is 0 Å². The summed E-state index contributed by atoms with van der Waals surface area (Å²) in [5.74, 6) is 3.72. The van der Waals surface area contributed by atoms with E-state index in [0.717, 1.165) is 36.9 Å². The normalized spacial score (nSPS) is 37.7. The zero-order chi connectivity index (χ0) is 12.8. The summed E-state index contributed by atoms with van der Waals surface area (Å²) >= 11 is 0. The Morgan fingerprint density at radius 2 is 0.944 bits per heavy atom. The monoisotopic (exact) mass is 254 g/mol. The molecule has 2 rings (SSSR count). The maximum atomic E-state index is 5.29. The van der Waals surface area contributed by atoms with Crippen molar-refractivity contribution in [2.24, 2.45) is 23.7 Å². The topological polar surface area (TPSA) is 18.5 Å². The van der Waals surface area contributed by atoms with Gasteiger partial charge in [-0.1, -0.05) is 0 Å². The van der Waals surface area contributed by atoms with Crippen molar-refractivity contribution in [1.82, 2.24) is 0 Å². The summed E-state index contributed by atoms with van der Waals surface area (Å²) in [6, 6.07) is 0. The average molecular weight is 254 g/mol. The molecule has 2 aliphatic rings. The Morgan fingerprint density at radius 1 is 0.611 bits per heavy atom. The van der Waals surface area contributed by atoms with Crippen LogP contribution in [0.1, 0.15) is 51.4 Å². The van der Waals surface area contributed by atoms with Crippen LogP contribution in [0.2, 0.25) is 0 Å². The van der Waals surface area contributed by atoms with Gasteiger partial charge in [-0.3, -0.25) is 0 Å². The number of hydrogen-bond donors (Lipinski definition) is 0. The summed E-state index contributed by atoms with van der Waals surface area (Å²) in [4.78, 5) is 0. The molecule has 0 amide bonds. The maximum Gasteiger partial charge on any atom is 0.0490 e. The van der Waals surface area contributed by atoms with Gasteiger partial charge in [-0.15, -0.1) is 0 Å². The number of rotatable bonds is 5. The molecule has 0 bridgehead atoms. The summed E-state index contributed by atoms with van der Waals surface area (Å²) in [5, 5.41) is 0. The summed E-state index contributed by atoms with van der Waals surface area (Å²) in [6.07, 6.45) is 11.4. The third-order valence-electron chi connectivity index (χ3n) is 5.25. The quantitative estimate of drug-likeness (QED) is 0.741. The van der Waals surface area contributed by atoms with E-state index in [1.807, 2.05) is 14.2 Å². The van der Waals surface area contributed by atoms with Crippen molar-refractivity contribution < 1.29 is 9.47 Å². The molecule has 2 heteroatoms. The second-order valence-electron chi connectivity index (χ2n) is 6.47. The first-order chi connectivity index (χ1) is 8.83. The van der Waals surface area contributed by atoms with Crippen molar-refractivity contribution in [3.05, 3.63) is 0 Å². The van der Waals surface area contributed by atoms with E-state index < -0.39 is 0 Å². The summed E-state index contributed by atoms with van der Waals surface area (Å²) in [5.41, 5.74) is 0. The van der Waals surface area contributed by atoms with Gasteiger partial charge in [0.25, 0.3) is 0 Å². The number of methoxy groups -OCH3 is 2. The molecule has 2 saturated carbocycles. The molecule has 0 N–H and O–H groups in total. The minimum absolute atomic E-state index is 0.844. The third-order valence-corrected chi connectivity index (χ3v) is 5.25. The Kier molecular flexibility index (Phi) is 5.97. The smallest absolute Gasteiger partial charge is 0.0490 e. The van der Waals surface area contributed by atoms with Crippen LogP contribution >= 0.6 is 0 Å². The molecule has 0 radical (unpaired) electrons. The lowest BCUT2D eigenvalue weighted by atomic mass is 9.69. The molecule has 0 unspecified atom stereocenters. The Hall–Kier alpha value is -0.0800. The van der Waals surface area contributed by atoms with E-state index in [-0.39, 0.29) is 0 Å². The van der Waals surface area contributed by atoms with Crippen LogP contribution in [0.5, 0.6) is 0 Å². The van der Waals surface area contributed by atoms with E-state index >= 15 is 0 Å². The molecule has 2 aliphatic carbocycles. The molecule has 0 aromatic heterocycles. The van der Waals surface area contributed by atoms with Crippen LogP contribution in [0.4, 0.5) is 0 Å². The highest BCUT2D eigenvalue weighted by atomic mass is 16.5. The van der Waals surface area contributed by atoms with Gasteiger partial charge in [-0.2, -0.15) is 0 Å². The molecule has 106 valence electrons. The first kappa shape index (κ1) is 14.3. The fourth-order valence-electron chi connectivity index (χ4n) is 4.12. The zero-order valence-corrected chi connectivity index (χ0v) is 12.2. The molecule has 0 saturated heterocycles. The van der Waals surface area contributed by atoms with E-state index in [0.29, 0.717) is 0 Å². The van der Waals surface area contributed by atoms with E-state index in [1.165, 1.54) is 51.4 Å². The average Bonchev–Trinajstić information content (AvgIpc) is 2.41. The van der Waals surface area contributed by atoms with Crippen LogP contribution in [0.15, 0.2) is 0 Å². The third kappa shape index (κ3) is 3.96. The lowest BCUT2D eigenvalue weighted by Crippen LogP contribution is -2.27. The van der Waals surface area contributed by atoms with Gasteiger partial charge in [-0.25, -0.2) is 0 Å². The molecule has 0 atom stereocenters.